The summed E-state index contributed by atoms with van der Waals surface area (Å²) >= 11 is 0. The van der Waals surface area contributed by atoms with Gasteiger partial charge in [-0.15, -0.1) is 0 Å². The van der Waals surface area contributed by atoms with Crippen molar-refractivity contribution in [1.82, 2.24) is 0 Å². The molecule has 1 N–H and O–H groups in total. The molecule has 1 aromatic carbocycles. The highest BCUT2D eigenvalue weighted by atomic mass is 16.6. The summed E-state index contributed by atoms with van der Waals surface area (Å²) in [5, 5.41) is 15.0. The first kappa shape index (κ1) is 15.4. The number of fused-ring (bicyclic) bond motifs is 1. The Bertz CT molecular complexity index is 691. The van der Waals surface area contributed by atoms with Crippen molar-refractivity contribution in [2.45, 2.75) is 57.0 Å². The highest BCUT2D eigenvalue weighted by Gasteiger charge is 2.56. The lowest BCUT2D eigenvalue weighted by atomic mass is 9.89. The lowest BCUT2D eigenvalue weighted by Crippen LogP contribution is -2.44. The number of nitroso groups, excluding NO2 is 1. The molecule has 3 aliphatic rings. The predicted molar refractivity (Wildman–Crippen MR) is 91.9 cm³/mol. The minimum absolute atomic E-state index is 0.101. The highest BCUT2D eigenvalue weighted by Crippen LogP contribution is 2.52. The van der Waals surface area contributed by atoms with Gasteiger partial charge < -0.3 is 10.2 Å². The third-order valence-corrected chi connectivity index (χ3v) is 5.65. The molecule has 4 rings (SSSR count). The maximum atomic E-state index is 13.0. The van der Waals surface area contributed by atoms with Crippen LogP contribution in [0.1, 0.15) is 51.4 Å². The largest absolute Gasteiger partial charge is 0.364 e. The summed E-state index contributed by atoms with van der Waals surface area (Å²) in [6.07, 6.45) is 7.98. The average Bonchev–Trinajstić information content (AvgIpc) is 2.87. The van der Waals surface area contributed by atoms with E-state index in [1.807, 2.05) is 0 Å². The maximum absolute atomic E-state index is 13.0. The Balaban J connectivity index is 1.82. The Hall–Kier alpha value is -2.18. The van der Waals surface area contributed by atoms with E-state index in [1.54, 1.807) is 6.07 Å². The first-order valence-electron chi connectivity index (χ1n) is 8.94. The van der Waals surface area contributed by atoms with Crippen LogP contribution in [0.5, 0.6) is 0 Å². The van der Waals surface area contributed by atoms with E-state index < -0.39 is 5.66 Å². The van der Waals surface area contributed by atoms with Gasteiger partial charge in [-0.1, -0.05) is 6.42 Å². The minimum atomic E-state index is -0.611. The molecule has 1 spiro atoms. The molecule has 2 heterocycles. The quantitative estimate of drug-likeness (QED) is 0.502. The number of rotatable bonds is 2. The highest BCUT2D eigenvalue weighted by molar-refractivity contribution is 5.88. The monoisotopic (exact) mass is 331 g/mol. The Kier molecular flexibility index (Phi) is 3.66. The molecule has 0 unspecified atom stereocenters. The van der Waals surface area contributed by atoms with Crippen molar-refractivity contribution in [2.75, 3.05) is 23.3 Å². The number of nitro benzene ring substituents is 1. The minimum Gasteiger partial charge on any atom is -0.364 e. The number of hydrogen-bond donors (Lipinski definition) is 1. The molecule has 0 bridgehead atoms. The summed E-state index contributed by atoms with van der Waals surface area (Å²) in [7, 11) is 0. The summed E-state index contributed by atoms with van der Waals surface area (Å²) < 4.78 is 1.08. The van der Waals surface area contributed by atoms with Crippen LogP contribution in [0.25, 0.3) is 0 Å². The number of nitro groups is 1. The summed E-state index contributed by atoms with van der Waals surface area (Å²) in [6, 6.07) is 3.11. The Morgan fingerprint density at radius 2 is 1.75 bits per heavy atom. The average molecular weight is 331 g/mol. The van der Waals surface area contributed by atoms with Crippen LogP contribution in [0.4, 0.5) is 22.7 Å². The van der Waals surface area contributed by atoms with Crippen molar-refractivity contribution in [2.24, 2.45) is 0 Å². The van der Waals surface area contributed by atoms with Crippen molar-refractivity contribution in [3.05, 3.63) is 27.2 Å². The van der Waals surface area contributed by atoms with E-state index in [0.717, 1.165) is 69.2 Å². The van der Waals surface area contributed by atoms with Crippen LogP contribution in [0.3, 0.4) is 0 Å². The Morgan fingerprint density at radius 3 is 2.42 bits per heavy atom. The van der Waals surface area contributed by atoms with Gasteiger partial charge in [0.2, 0.25) is 0 Å². The predicted octanol–water partition coefficient (Wildman–Crippen LogP) is 4.08. The fourth-order valence-corrected chi connectivity index (χ4v) is 4.43. The molecule has 1 aromatic rings. The van der Waals surface area contributed by atoms with E-state index in [4.69, 9.17) is 0 Å². The van der Waals surface area contributed by atoms with Gasteiger partial charge in [-0.2, -0.15) is 0 Å². The standard InChI is InChI=1S/C17H23N4O3/c22-20-13-7-8-14(21(23)24)16(19-11-5-2-6-12-19)15(13)18-17(20)9-3-1-4-10-17/h7-8,18H,1-6,9-12H2/q+1. The number of nitrogens with one attached hydrogen (secondary N) is 1. The molecule has 0 aromatic heterocycles. The van der Waals surface area contributed by atoms with Gasteiger partial charge in [-0.3, -0.25) is 10.1 Å². The fraction of sp³-hybridized carbons (Fsp3) is 0.647. The van der Waals surface area contributed by atoms with Gasteiger partial charge in [0.25, 0.3) is 17.0 Å². The molecular weight excluding hydrogens is 308 g/mol. The zero-order chi connectivity index (χ0) is 16.7. The van der Waals surface area contributed by atoms with E-state index in [9.17, 15) is 15.0 Å². The van der Waals surface area contributed by atoms with Gasteiger partial charge in [0, 0.05) is 43.0 Å². The zero-order valence-corrected chi connectivity index (χ0v) is 13.8. The zero-order valence-electron chi connectivity index (χ0n) is 13.8. The molecule has 1 aliphatic carbocycles. The second kappa shape index (κ2) is 5.72. The van der Waals surface area contributed by atoms with E-state index in [1.165, 1.54) is 6.07 Å². The molecule has 1 saturated heterocycles. The van der Waals surface area contributed by atoms with Crippen molar-refractivity contribution in [3.8, 4) is 0 Å². The van der Waals surface area contributed by atoms with Crippen molar-refractivity contribution >= 4 is 22.7 Å². The van der Waals surface area contributed by atoms with Crippen LogP contribution in [0.2, 0.25) is 0 Å². The smallest absolute Gasteiger partial charge is 0.295 e. The summed E-state index contributed by atoms with van der Waals surface area (Å²) in [5.41, 5.74) is 1.33. The molecule has 2 aliphatic heterocycles. The topological polar surface area (TPSA) is 78.5 Å². The van der Waals surface area contributed by atoms with Gasteiger partial charge in [-0.25, -0.2) is 0 Å². The first-order chi connectivity index (χ1) is 11.6. The number of nitrogens with zero attached hydrogens (tertiary/aromatic N) is 3. The molecule has 7 nitrogen and oxygen atoms in total. The Labute approximate surface area is 140 Å². The third kappa shape index (κ3) is 2.25. The van der Waals surface area contributed by atoms with Crippen LogP contribution in [-0.2, 0) is 0 Å². The number of benzene rings is 1. The molecule has 24 heavy (non-hydrogen) atoms. The van der Waals surface area contributed by atoms with Crippen LogP contribution in [-0.4, -0.2) is 28.4 Å². The molecular formula is C17H23N4O3+. The summed E-state index contributed by atoms with van der Waals surface area (Å²) in [4.78, 5) is 26.3. The third-order valence-electron chi connectivity index (χ3n) is 5.65. The van der Waals surface area contributed by atoms with Gasteiger partial charge in [0.05, 0.1) is 9.68 Å². The summed E-state index contributed by atoms with van der Waals surface area (Å²) in [6.45, 7) is 1.62. The SMILES string of the molecule is O=[N+]([O-])c1ccc2c(c1N1CCCCC1)NC1(CCCCC1)[N+]2=O. The molecule has 1 saturated carbocycles. The second-order valence-electron chi connectivity index (χ2n) is 7.14. The first-order valence-corrected chi connectivity index (χ1v) is 8.94. The number of piperidine rings is 1. The van der Waals surface area contributed by atoms with Gasteiger partial charge in [0.15, 0.2) is 0 Å². The van der Waals surface area contributed by atoms with E-state index in [0.29, 0.717) is 17.1 Å². The summed E-state index contributed by atoms with van der Waals surface area (Å²) in [5.74, 6) is 0. The second-order valence-corrected chi connectivity index (χ2v) is 7.14. The number of anilines is 2. The molecule has 128 valence electrons. The van der Waals surface area contributed by atoms with Crippen molar-refractivity contribution in [1.29, 1.82) is 0 Å². The number of hydrogen-bond acceptors (Lipinski definition) is 5. The lowest BCUT2D eigenvalue weighted by Gasteiger charge is -2.30. The molecule has 7 heteroatoms. The van der Waals surface area contributed by atoms with Crippen molar-refractivity contribution < 1.29 is 9.68 Å². The van der Waals surface area contributed by atoms with E-state index >= 15 is 0 Å². The van der Waals surface area contributed by atoms with Crippen LogP contribution < -0.4 is 10.2 Å². The molecule has 0 radical (unpaired) electrons. The van der Waals surface area contributed by atoms with Crippen molar-refractivity contribution in [3.63, 3.8) is 0 Å². The molecule has 0 amide bonds. The van der Waals surface area contributed by atoms with Gasteiger partial charge in [0.1, 0.15) is 11.4 Å². The maximum Gasteiger partial charge on any atom is 0.295 e. The molecule has 2 fully saturated rings. The van der Waals surface area contributed by atoms with E-state index in [2.05, 4.69) is 10.2 Å². The lowest BCUT2D eigenvalue weighted by molar-refractivity contribution is -0.542. The van der Waals surface area contributed by atoms with E-state index in [-0.39, 0.29) is 10.6 Å². The van der Waals surface area contributed by atoms with Crippen LogP contribution in [0.15, 0.2) is 12.1 Å². The van der Waals surface area contributed by atoms with Gasteiger partial charge >= 0.3 is 0 Å². The van der Waals surface area contributed by atoms with Crippen LogP contribution >= 0.6 is 0 Å². The van der Waals surface area contributed by atoms with Gasteiger partial charge in [-0.05, 0) is 32.1 Å². The Morgan fingerprint density at radius 1 is 1.08 bits per heavy atom. The van der Waals surface area contributed by atoms with Crippen LogP contribution in [0, 0.1) is 15.0 Å². The fourth-order valence-electron chi connectivity index (χ4n) is 4.43. The normalized spacial score (nSPS) is 22.3. The molecule has 0 atom stereocenters.